The van der Waals surface area contributed by atoms with Gasteiger partial charge in [-0.3, -0.25) is 4.79 Å². The molecule has 4 nitrogen and oxygen atoms in total. The van der Waals surface area contributed by atoms with Crippen molar-refractivity contribution in [2.24, 2.45) is 5.92 Å². The second kappa shape index (κ2) is 6.02. The third kappa shape index (κ3) is 3.07. The molecule has 1 unspecified atom stereocenters. The fourth-order valence-corrected chi connectivity index (χ4v) is 2.92. The van der Waals surface area contributed by atoms with Crippen LogP contribution in [0.25, 0.3) is 12.2 Å². The highest BCUT2D eigenvalue weighted by Gasteiger charge is 2.16. The van der Waals surface area contributed by atoms with E-state index in [1.807, 2.05) is 18.2 Å². The summed E-state index contributed by atoms with van der Waals surface area (Å²) < 4.78 is 5.32. The van der Waals surface area contributed by atoms with E-state index in [0.717, 1.165) is 49.6 Å². The van der Waals surface area contributed by atoms with Gasteiger partial charge in [-0.25, -0.2) is 0 Å². The van der Waals surface area contributed by atoms with Crippen LogP contribution in [-0.4, -0.2) is 36.0 Å². The Kier molecular flexibility index (Phi) is 4.13. The summed E-state index contributed by atoms with van der Waals surface area (Å²) in [6.07, 6.45) is 6.89. The van der Waals surface area contributed by atoms with Crippen LogP contribution < -0.4 is 15.9 Å². The second-order valence-corrected chi connectivity index (χ2v) is 6.00. The Morgan fingerprint density at radius 2 is 2.25 bits per heavy atom. The van der Waals surface area contributed by atoms with E-state index in [0.29, 0.717) is 11.6 Å². The van der Waals surface area contributed by atoms with Gasteiger partial charge in [0.2, 0.25) is 0 Å². The number of fused-ring (bicyclic) bond motifs is 1. The highest BCUT2D eigenvalue weighted by molar-refractivity contribution is 6.24. The lowest BCUT2D eigenvalue weighted by Gasteiger charge is -2.21. The monoisotopic (exact) mass is 294 g/mol. The summed E-state index contributed by atoms with van der Waals surface area (Å²) in [6.45, 7) is 2.33. The Bertz CT molecular complexity index is 602. The fraction of sp³-hybridized carbons (Fsp3) is 0.533. The van der Waals surface area contributed by atoms with Crippen molar-refractivity contribution in [1.29, 1.82) is 0 Å². The van der Waals surface area contributed by atoms with Crippen LogP contribution in [0.1, 0.15) is 29.8 Å². The number of alkyl halides is 1. The average molecular weight is 295 g/mol. The summed E-state index contributed by atoms with van der Waals surface area (Å²) in [6, 6.07) is 1.87. The zero-order valence-electron chi connectivity index (χ0n) is 11.3. The first kappa shape index (κ1) is 13.7. The highest BCUT2D eigenvalue weighted by Crippen LogP contribution is 2.13. The number of halogens is 1. The maximum absolute atomic E-state index is 12.2. The van der Waals surface area contributed by atoms with E-state index in [1.54, 1.807) is 0 Å². The third-order valence-electron chi connectivity index (χ3n) is 3.92. The van der Waals surface area contributed by atoms with Crippen molar-refractivity contribution in [1.82, 2.24) is 10.3 Å². The molecule has 0 bridgehead atoms. The normalized spacial score (nSPS) is 22.6. The molecule has 1 atom stereocenters. The van der Waals surface area contributed by atoms with E-state index in [4.69, 9.17) is 16.3 Å². The molecule has 1 aliphatic carbocycles. The van der Waals surface area contributed by atoms with E-state index in [2.05, 4.69) is 10.3 Å². The molecule has 0 radical (unpaired) electrons. The van der Waals surface area contributed by atoms with Crippen molar-refractivity contribution in [2.45, 2.75) is 24.6 Å². The Balaban J connectivity index is 1.64. The lowest BCUT2D eigenvalue weighted by molar-refractivity contribution is 0.0642. The first-order valence-corrected chi connectivity index (χ1v) is 7.57. The average Bonchev–Trinajstić information content (AvgIpc) is 2.89. The molecule has 2 N–H and O–H groups in total. The quantitative estimate of drug-likeness (QED) is 0.808. The molecule has 1 aromatic heterocycles. The van der Waals surface area contributed by atoms with Crippen LogP contribution >= 0.6 is 11.6 Å². The SMILES string of the molecule is O=C(NCC1CCOCC1)c1cc2c([nH]1)=CCC(Cl)C=2. The number of aromatic nitrogens is 1. The van der Waals surface area contributed by atoms with Gasteiger partial charge in [-0.2, -0.15) is 0 Å². The molecule has 108 valence electrons. The molecule has 5 heteroatoms. The van der Waals surface area contributed by atoms with Crippen molar-refractivity contribution < 1.29 is 9.53 Å². The second-order valence-electron chi connectivity index (χ2n) is 5.44. The number of H-pyrrole nitrogens is 1. The van der Waals surface area contributed by atoms with Crippen LogP contribution in [-0.2, 0) is 4.74 Å². The first-order valence-electron chi connectivity index (χ1n) is 7.13. The molecule has 1 fully saturated rings. The van der Waals surface area contributed by atoms with Gasteiger partial charge in [-0.15, -0.1) is 11.6 Å². The molecule has 1 aromatic rings. The lowest BCUT2D eigenvalue weighted by Crippen LogP contribution is -2.32. The van der Waals surface area contributed by atoms with E-state index in [-0.39, 0.29) is 11.3 Å². The summed E-state index contributed by atoms with van der Waals surface area (Å²) in [4.78, 5) is 15.3. The fourth-order valence-electron chi connectivity index (χ4n) is 2.69. The Hall–Kier alpha value is -1.26. The number of hydrogen-bond donors (Lipinski definition) is 2. The molecule has 3 rings (SSSR count). The number of amides is 1. The molecule has 1 saturated heterocycles. The van der Waals surface area contributed by atoms with E-state index in [1.165, 1.54) is 0 Å². The van der Waals surface area contributed by atoms with Gasteiger partial charge in [-0.05, 0) is 36.5 Å². The van der Waals surface area contributed by atoms with Crippen molar-refractivity contribution in [3.05, 3.63) is 22.3 Å². The smallest absolute Gasteiger partial charge is 0.267 e. The minimum absolute atomic E-state index is 0.0245. The number of rotatable bonds is 3. The molecule has 2 heterocycles. The van der Waals surface area contributed by atoms with Crippen molar-refractivity contribution >= 4 is 29.7 Å². The zero-order valence-corrected chi connectivity index (χ0v) is 12.1. The number of hydrogen-bond acceptors (Lipinski definition) is 2. The lowest BCUT2D eigenvalue weighted by atomic mass is 10.0. The maximum Gasteiger partial charge on any atom is 0.267 e. The number of carbonyl (C=O) groups is 1. The van der Waals surface area contributed by atoms with Crippen molar-refractivity contribution in [3.63, 3.8) is 0 Å². The van der Waals surface area contributed by atoms with Crippen LogP contribution in [0.2, 0.25) is 0 Å². The van der Waals surface area contributed by atoms with E-state index in [9.17, 15) is 4.79 Å². The Morgan fingerprint density at radius 3 is 3.05 bits per heavy atom. The predicted molar refractivity (Wildman–Crippen MR) is 79.1 cm³/mol. The van der Waals surface area contributed by atoms with Gasteiger partial charge in [-0.1, -0.05) is 12.2 Å². The minimum atomic E-state index is -0.0428. The number of ether oxygens (including phenoxy) is 1. The highest BCUT2D eigenvalue weighted by atomic mass is 35.5. The summed E-state index contributed by atoms with van der Waals surface area (Å²) >= 11 is 6.08. The van der Waals surface area contributed by atoms with Gasteiger partial charge in [0.1, 0.15) is 5.69 Å². The van der Waals surface area contributed by atoms with Gasteiger partial charge in [0.25, 0.3) is 5.91 Å². The van der Waals surface area contributed by atoms with Crippen molar-refractivity contribution in [3.8, 4) is 0 Å². The van der Waals surface area contributed by atoms with Crippen LogP contribution in [0.3, 0.4) is 0 Å². The largest absolute Gasteiger partial charge is 0.381 e. The Morgan fingerprint density at radius 1 is 1.45 bits per heavy atom. The minimum Gasteiger partial charge on any atom is -0.381 e. The van der Waals surface area contributed by atoms with E-state index < -0.39 is 0 Å². The summed E-state index contributed by atoms with van der Waals surface area (Å²) in [7, 11) is 0. The predicted octanol–water partition coefficient (Wildman–Crippen LogP) is 0.743. The summed E-state index contributed by atoms with van der Waals surface area (Å²) in [5.74, 6) is 0.487. The first-order chi connectivity index (χ1) is 9.72. The molecule has 0 spiro atoms. The van der Waals surface area contributed by atoms with Gasteiger partial charge < -0.3 is 15.0 Å². The molecule has 1 amide bonds. The van der Waals surface area contributed by atoms with Crippen LogP contribution in [0.4, 0.5) is 0 Å². The van der Waals surface area contributed by atoms with Gasteiger partial charge >= 0.3 is 0 Å². The van der Waals surface area contributed by atoms with Crippen LogP contribution in [0, 0.1) is 5.92 Å². The van der Waals surface area contributed by atoms with Gasteiger partial charge in [0.15, 0.2) is 0 Å². The molecule has 0 aromatic carbocycles. The topological polar surface area (TPSA) is 54.1 Å². The molecular weight excluding hydrogens is 276 g/mol. The standard InChI is InChI=1S/C15H19ClN2O2/c16-12-1-2-13-11(7-12)8-14(18-13)15(19)17-9-10-3-5-20-6-4-10/h2,7-8,10,12,18H,1,3-6,9H2,(H,17,19). The maximum atomic E-state index is 12.2. The molecule has 0 saturated carbocycles. The molecule has 1 aliphatic heterocycles. The van der Waals surface area contributed by atoms with Crippen LogP contribution in [0.15, 0.2) is 6.07 Å². The van der Waals surface area contributed by atoms with Gasteiger partial charge in [0.05, 0.1) is 5.38 Å². The Labute approximate surface area is 122 Å². The van der Waals surface area contributed by atoms with Crippen molar-refractivity contribution in [2.75, 3.05) is 19.8 Å². The number of nitrogens with one attached hydrogen (secondary N) is 2. The van der Waals surface area contributed by atoms with Gasteiger partial charge in [0, 0.05) is 25.1 Å². The molecule has 20 heavy (non-hydrogen) atoms. The number of carbonyl (C=O) groups excluding carboxylic acids is 1. The molecule has 2 aliphatic rings. The van der Waals surface area contributed by atoms with E-state index >= 15 is 0 Å². The molecular formula is C15H19ClN2O2. The number of aromatic amines is 1. The van der Waals surface area contributed by atoms with Crippen LogP contribution in [0.5, 0.6) is 0 Å². The summed E-state index contributed by atoms with van der Waals surface area (Å²) in [5.41, 5.74) is 0.611. The zero-order chi connectivity index (χ0) is 13.9. The summed E-state index contributed by atoms with van der Waals surface area (Å²) in [5, 5.41) is 5.05. The third-order valence-corrected chi connectivity index (χ3v) is 4.23.